The molecule has 0 aromatic heterocycles. The number of aryl methyl sites for hydroxylation is 1. The fourth-order valence-corrected chi connectivity index (χ4v) is 2.56. The van der Waals surface area contributed by atoms with Crippen molar-refractivity contribution in [3.05, 3.63) is 58.1 Å². The van der Waals surface area contributed by atoms with Gasteiger partial charge in [0.25, 0.3) is 0 Å². The summed E-state index contributed by atoms with van der Waals surface area (Å²) in [6, 6.07) is 12.2. The van der Waals surface area contributed by atoms with Gasteiger partial charge >= 0.3 is 5.97 Å². The van der Waals surface area contributed by atoms with Gasteiger partial charge in [0.2, 0.25) is 5.91 Å². The Morgan fingerprint density at radius 1 is 1.17 bits per heavy atom. The maximum Gasteiger partial charge on any atom is 0.341 e. The van der Waals surface area contributed by atoms with E-state index >= 15 is 0 Å². The van der Waals surface area contributed by atoms with Gasteiger partial charge in [0.05, 0.1) is 12.8 Å². The summed E-state index contributed by atoms with van der Waals surface area (Å²) in [5.74, 6) is -1.21. The monoisotopic (exact) mass is 377 g/mol. The van der Waals surface area contributed by atoms with Crippen molar-refractivity contribution in [3.63, 3.8) is 0 Å². The fourth-order valence-electron chi connectivity index (χ4n) is 2.08. The third-order valence-electron chi connectivity index (χ3n) is 3.29. The minimum Gasteiger partial charge on any atom is -0.505 e. The molecule has 120 valence electrons. The molecule has 0 unspecified atom stereocenters. The lowest BCUT2D eigenvalue weighted by atomic mass is 10.1. The van der Waals surface area contributed by atoms with Crippen LogP contribution < -0.4 is 5.32 Å². The number of para-hydroxylation sites is 1. The number of esters is 1. The molecule has 2 aromatic carbocycles. The number of halogens is 1. The topological polar surface area (TPSA) is 75.6 Å². The second kappa shape index (κ2) is 7.78. The SMILES string of the molecule is COC(=O)c1cccc(NC(=O)CCc2ccccc2Br)c1O. The Morgan fingerprint density at radius 2 is 1.91 bits per heavy atom. The van der Waals surface area contributed by atoms with E-state index in [0.717, 1.165) is 10.0 Å². The van der Waals surface area contributed by atoms with Crippen molar-refractivity contribution in [2.75, 3.05) is 12.4 Å². The predicted molar refractivity (Wildman–Crippen MR) is 90.5 cm³/mol. The highest BCUT2D eigenvalue weighted by Crippen LogP contribution is 2.28. The van der Waals surface area contributed by atoms with Gasteiger partial charge in [0.1, 0.15) is 5.56 Å². The number of rotatable bonds is 5. The van der Waals surface area contributed by atoms with Crippen LogP contribution in [-0.2, 0) is 16.0 Å². The third kappa shape index (κ3) is 4.32. The highest BCUT2D eigenvalue weighted by Gasteiger charge is 2.16. The summed E-state index contributed by atoms with van der Waals surface area (Å²) < 4.78 is 5.53. The molecule has 0 radical (unpaired) electrons. The van der Waals surface area contributed by atoms with E-state index < -0.39 is 5.97 Å². The van der Waals surface area contributed by atoms with E-state index in [9.17, 15) is 14.7 Å². The molecule has 2 aromatic rings. The van der Waals surface area contributed by atoms with Crippen LogP contribution in [-0.4, -0.2) is 24.1 Å². The number of hydrogen-bond donors (Lipinski definition) is 2. The molecule has 0 aliphatic rings. The Bertz CT molecular complexity index is 730. The fraction of sp³-hybridized carbons (Fsp3) is 0.176. The number of benzene rings is 2. The van der Waals surface area contributed by atoms with Gasteiger partial charge in [-0.15, -0.1) is 0 Å². The zero-order chi connectivity index (χ0) is 16.8. The van der Waals surface area contributed by atoms with Gasteiger partial charge in [0.15, 0.2) is 5.75 Å². The molecule has 0 fully saturated rings. The summed E-state index contributed by atoms with van der Waals surface area (Å²) in [6.45, 7) is 0. The standard InChI is InChI=1S/C17H16BrNO4/c1-23-17(22)12-6-4-8-14(16(12)21)19-15(20)10-9-11-5-2-3-7-13(11)18/h2-8,21H,9-10H2,1H3,(H,19,20). The van der Waals surface area contributed by atoms with E-state index in [1.165, 1.54) is 19.2 Å². The molecule has 0 aliphatic heterocycles. The largest absolute Gasteiger partial charge is 0.505 e. The normalized spacial score (nSPS) is 10.2. The van der Waals surface area contributed by atoms with E-state index in [0.29, 0.717) is 6.42 Å². The van der Waals surface area contributed by atoms with Gasteiger partial charge in [0, 0.05) is 10.9 Å². The third-order valence-corrected chi connectivity index (χ3v) is 4.07. The molecule has 1 amide bonds. The number of phenolic OH excluding ortho intramolecular Hbond substituents is 1. The minimum atomic E-state index is -0.660. The molecule has 0 atom stereocenters. The highest BCUT2D eigenvalue weighted by atomic mass is 79.9. The molecule has 0 aliphatic carbocycles. The van der Waals surface area contributed by atoms with E-state index in [2.05, 4.69) is 26.0 Å². The summed E-state index contributed by atoms with van der Waals surface area (Å²) in [4.78, 5) is 23.6. The van der Waals surface area contributed by atoms with Gasteiger partial charge in [-0.25, -0.2) is 4.79 Å². The van der Waals surface area contributed by atoms with Crippen LogP contribution >= 0.6 is 15.9 Å². The van der Waals surface area contributed by atoms with Crippen LogP contribution in [0, 0.1) is 0 Å². The number of amides is 1. The van der Waals surface area contributed by atoms with Gasteiger partial charge in [-0.2, -0.15) is 0 Å². The van der Waals surface area contributed by atoms with Crippen molar-refractivity contribution in [3.8, 4) is 5.75 Å². The number of anilines is 1. The Morgan fingerprint density at radius 3 is 2.61 bits per heavy atom. The lowest BCUT2D eigenvalue weighted by Crippen LogP contribution is -2.13. The number of hydrogen-bond acceptors (Lipinski definition) is 4. The van der Waals surface area contributed by atoms with Crippen LogP contribution in [0.3, 0.4) is 0 Å². The van der Waals surface area contributed by atoms with Gasteiger partial charge in [-0.3, -0.25) is 4.79 Å². The number of methoxy groups -OCH3 is 1. The first-order chi connectivity index (χ1) is 11.0. The van der Waals surface area contributed by atoms with Gasteiger partial charge in [-0.05, 0) is 30.2 Å². The van der Waals surface area contributed by atoms with Crippen molar-refractivity contribution >= 4 is 33.5 Å². The number of carbonyl (C=O) groups excluding carboxylic acids is 2. The summed E-state index contributed by atoms with van der Waals surface area (Å²) in [5, 5.41) is 12.7. The molecular formula is C17H16BrNO4. The smallest absolute Gasteiger partial charge is 0.341 e. The number of nitrogens with one attached hydrogen (secondary N) is 1. The van der Waals surface area contributed by atoms with Gasteiger partial charge in [-0.1, -0.05) is 40.2 Å². The summed E-state index contributed by atoms with van der Waals surface area (Å²) in [7, 11) is 1.23. The van der Waals surface area contributed by atoms with E-state index in [-0.39, 0.29) is 29.3 Å². The molecule has 2 N–H and O–H groups in total. The van der Waals surface area contributed by atoms with Crippen LogP contribution in [0.4, 0.5) is 5.69 Å². The molecule has 0 saturated carbocycles. The lowest BCUT2D eigenvalue weighted by Gasteiger charge is -2.10. The zero-order valence-corrected chi connectivity index (χ0v) is 14.1. The van der Waals surface area contributed by atoms with E-state index in [1.54, 1.807) is 6.07 Å². The average Bonchev–Trinajstić information content (AvgIpc) is 2.55. The maximum absolute atomic E-state index is 12.0. The molecule has 23 heavy (non-hydrogen) atoms. The van der Waals surface area contributed by atoms with Gasteiger partial charge < -0.3 is 15.2 Å². The summed E-state index contributed by atoms with van der Waals surface area (Å²) in [6.07, 6.45) is 0.815. The zero-order valence-electron chi connectivity index (χ0n) is 12.5. The van der Waals surface area contributed by atoms with Crippen molar-refractivity contribution in [2.24, 2.45) is 0 Å². The molecule has 6 heteroatoms. The maximum atomic E-state index is 12.0. The second-order valence-corrected chi connectivity index (χ2v) is 5.69. The van der Waals surface area contributed by atoms with Crippen molar-refractivity contribution in [1.82, 2.24) is 0 Å². The van der Waals surface area contributed by atoms with Crippen LogP contribution in [0.2, 0.25) is 0 Å². The summed E-state index contributed by atoms with van der Waals surface area (Å²) >= 11 is 3.44. The van der Waals surface area contributed by atoms with Crippen molar-refractivity contribution in [1.29, 1.82) is 0 Å². The minimum absolute atomic E-state index is 0.0103. The molecule has 0 heterocycles. The lowest BCUT2D eigenvalue weighted by molar-refractivity contribution is -0.116. The van der Waals surface area contributed by atoms with Crippen LogP contribution in [0.15, 0.2) is 46.9 Å². The molecule has 0 spiro atoms. The van der Waals surface area contributed by atoms with E-state index in [1.807, 2.05) is 24.3 Å². The molecule has 5 nitrogen and oxygen atoms in total. The predicted octanol–water partition coefficient (Wildman–Crippen LogP) is 3.51. The molecule has 2 rings (SSSR count). The van der Waals surface area contributed by atoms with E-state index in [4.69, 9.17) is 0 Å². The Balaban J connectivity index is 2.03. The number of phenols is 1. The number of ether oxygens (including phenoxy) is 1. The highest BCUT2D eigenvalue weighted by molar-refractivity contribution is 9.10. The first-order valence-corrected chi connectivity index (χ1v) is 7.75. The molecular weight excluding hydrogens is 362 g/mol. The second-order valence-electron chi connectivity index (χ2n) is 4.83. The Kier molecular flexibility index (Phi) is 5.76. The Labute approximate surface area is 142 Å². The van der Waals surface area contributed by atoms with Crippen LogP contribution in [0.5, 0.6) is 5.75 Å². The van der Waals surface area contributed by atoms with Crippen molar-refractivity contribution in [2.45, 2.75) is 12.8 Å². The molecule has 0 bridgehead atoms. The van der Waals surface area contributed by atoms with Crippen LogP contribution in [0.1, 0.15) is 22.3 Å². The summed E-state index contributed by atoms with van der Waals surface area (Å²) in [5.41, 5.74) is 1.22. The molecule has 0 saturated heterocycles. The quantitative estimate of drug-likeness (QED) is 0.617. The first-order valence-electron chi connectivity index (χ1n) is 6.96. The average molecular weight is 378 g/mol. The number of carbonyl (C=O) groups is 2. The van der Waals surface area contributed by atoms with Crippen molar-refractivity contribution < 1.29 is 19.4 Å². The Hall–Kier alpha value is -2.34. The first kappa shape index (κ1) is 17.0. The van der Waals surface area contributed by atoms with Crippen LogP contribution in [0.25, 0.3) is 0 Å². The number of aromatic hydroxyl groups is 1.